The Morgan fingerprint density at radius 3 is 2.57 bits per heavy atom. The third-order valence-electron chi connectivity index (χ3n) is 6.86. The minimum absolute atomic E-state index is 0.0408. The van der Waals surface area contributed by atoms with Crippen LogP contribution in [0.4, 0.5) is 5.69 Å². The van der Waals surface area contributed by atoms with Crippen molar-refractivity contribution in [3.05, 3.63) is 65.2 Å². The first-order valence-corrected chi connectivity index (χ1v) is 10.5. The number of fused-ring (bicyclic) bond motifs is 2. The monoisotopic (exact) mass is 376 g/mol. The van der Waals surface area contributed by atoms with E-state index in [2.05, 4.69) is 40.5 Å². The Morgan fingerprint density at radius 1 is 1.07 bits per heavy atom. The van der Waals surface area contributed by atoms with E-state index in [9.17, 15) is 9.90 Å². The topological polar surface area (TPSA) is 52.6 Å². The minimum Gasteiger partial charge on any atom is -0.387 e. The number of likely N-dealkylation sites (tertiary alicyclic amines) is 1. The average molecular weight is 377 g/mol. The smallest absolute Gasteiger partial charge is 0.228 e. The Morgan fingerprint density at radius 2 is 1.82 bits per heavy atom. The number of nitrogens with zero attached hydrogens (tertiary/aromatic N) is 1. The number of β-amino-alcohol motifs (C(OH)–C–C–N with tert-alkyl or cyclic N) is 1. The zero-order chi connectivity index (χ0) is 19.1. The van der Waals surface area contributed by atoms with Crippen LogP contribution in [-0.2, 0) is 17.6 Å². The molecule has 2 aromatic carbocycles. The lowest BCUT2D eigenvalue weighted by atomic mass is 9.96. The van der Waals surface area contributed by atoms with Crippen molar-refractivity contribution < 1.29 is 9.90 Å². The number of nitrogens with one attached hydrogen (secondary N) is 1. The maximum atomic E-state index is 11.5. The Kier molecular flexibility index (Phi) is 4.69. The summed E-state index contributed by atoms with van der Waals surface area (Å²) in [6.07, 6.45) is 3.78. The van der Waals surface area contributed by atoms with Gasteiger partial charge in [0.25, 0.3) is 0 Å². The maximum Gasteiger partial charge on any atom is 0.228 e. The summed E-state index contributed by atoms with van der Waals surface area (Å²) in [6, 6.07) is 16.7. The number of amides is 1. The normalized spacial score (nSPS) is 27.5. The molecule has 5 rings (SSSR count). The van der Waals surface area contributed by atoms with Crippen LogP contribution in [0.15, 0.2) is 48.5 Å². The number of aliphatic hydroxyl groups excluding tert-OH is 1. The van der Waals surface area contributed by atoms with Crippen molar-refractivity contribution in [2.45, 2.75) is 31.8 Å². The molecule has 2 heterocycles. The second-order valence-electron chi connectivity index (χ2n) is 8.92. The van der Waals surface area contributed by atoms with Gasteiger partial charge in [-0.1, -0.05) is 42.5 Å². The van der Waals surface area contributed by atoms with Gasteiger partial charge in [-0.25, -0.2) is 0 Å². The Labute approximate surface area is 166 Å². The Bertz CT molecular complexity index is 852. The summed E-state index contributed by atoms with van der Waals surface area (Å²) in [7, 11) is 0. The average Bonchev–Trinajstić information content (AvgIpc) is 3.33. The zero-order valence-electron chi connectivity index (χ0n) is 16.2. The zero-order valence-corrected chi connectivity index (χ0v) is 16.2. The molecule has 0 radical (unpaired) electrons. The van der Waals surface area contributed by atoms with E-state index in [1.54, 1.807) is 0 Å². The standard InChI is InChI=1S/C24H28N2O2/c27-23(18-6-7-22-19(11-18)12-24(28)25-22)15-26-13-20-9-17(10-21(20)14-26)8-16-4-2-1-3-5-16/h1-7,11,17,20-21,23,27H,8-10,12-15H2,(H,25,28)/t17-,20+,21-,23?. The highest BCUT2D eigenvalue weighted by Gasteiger charge is 2.41. The highest BCUT2D eigenvalue weighted by Crippen LogP contribution is 2.43. The van der Waals surface area contributed by atoms with Gasteiger partial charge in [-0.15, -0.1) is 0 Å². The quantitative estimate of drug-likeness (QED) is 0.841. The molecule has 4 heteroatoms. The molecule has 1 amide bonds. The number of benzene rings is 2. The van der Waals surface area contributed by atoms with Crippen LogP contribution in [0.25, 0.3) is 0 Å². The molecule has 3 aliphatic rings. The molecule has 1 unspecified atom stereocenters. The predicted octanol–water partition coefficient (Wildman–Crippen LogP) is 3.42. The fourth-order valence-corrected chi connectivity index (χ4v) is 5.59. The van der Waals surface area contributed by atoms with E-state index in [-0.39, 0.29) is 5.91 Å². The van der Waals surface area contributed by atoms with Gasteiger partial charge in [0.15, 0.2) is 0 Å². The molecule has 2 aliphatic heterocycles. The summed E-state index contributed by atoms with van der Waals surface area (Å²) in [5.41, 5.74) is 4.28. The lowest BCUT2D eigenvalue weighted by Crippen LogP contribution is -2.28. The molecule has 1 saturated carbocycles. The van der Waals surface area contributed by atoms with Crippen LogP contribution in [0.3, 0.4) is 0 Å². The number of carbonyl (C=O) groups excluding carboxylic acids is 1. The third-order valence-corrected chi connectivity index (χ3v) is 6.86. The van der Waals surface area contributed by atoms with Crippen molar-refractivity contribution in [1.82, 2.24) is 4.90 Å². The van der Waals surface area contributed by atoms with Crippen molar-refractivity contribution in [3.8, 4) is 0 Å². The summed E-state index contributed by atoms with van der Waals surface area (Å²) in [5, 5.41) is 13.6. The van der Waals surface area contributed by atoms with Crippen molar-refractivity contribution in [2.75, 3.05) is 25.0 Å². The molecule has 1 aliphatic carbocycles. The molecular weight excluding hydrogens is 348 g/mol. The van der Waals surface area contributed by atoms with Crippen LogP contribution in [0.1, 0.15) is 35.6 Å². The van der Waals surface area contributed by atoms with E-state index >= 15 is 0 Å². The largest absolute Gasteiger partial charge is 0.387 e. The van der Waals surface area contributed by atoms with Gasteiger partial charge in [0.05, 0.1) is 12.5 Å². The molecule has 0 bridgehead atoms. The molecule has 28 heavy (non-hydrogen) atoms. The first-order chi connectivity index (χ1) is 13.6. The number of hydrogen-bond donors (Lipinski definition) is 2. The SMILES string of the molecule is O=C1Cc2cc(C(O)CN3C[C@H]4C[C@H](Cc5ccccc5)C[C@H]4C3)ccc2N1. The van der Waals surface area contributed by atoms with Crippen LogP contribution < -0.4 is 5.32 Å². The number of aliphatic hydroxyl groups is 1. The number of hydrogen-bond acceptors (Lipinski definition) is 3. The highest BCUT2D eigenvalue weighted by atomic mass is 16.3. The van der Waals surface area contributed by atoms with Gasteiger partial charge in [0.2, 0.25) is 5.91 Å². The van der Waals surface area contributed by atoms with E-state index in [1.165, 1.54) is 24.8 Å². The maximum absolute atomic E-state index is 11.5. The Hall–Kier alpha value is -2.17. The lowest BCUT2D eigenvalue weighted by molar-refractivity contribution is -0.115. The van der Waals surface area contributed by atoms with Gasteiger partial charge >= 0.3 is 0 Å². The molecule has 1 saturated heterocycles. The number of carbonyl (C=O) groups is 1. The minimum atomic E-state index is -0.486. The summed E-state index contributed by atoms with van der Waals surface area (Å²) in [5.74, 6) is 2.41. The first-order valence-electron chi connectivity index (χ1n) is 10.5. The van der Waals surface area contributed by atoms with Gasteiger partial charge in [0.1, 0.15) is 0 Å². The molecule has 146 valence electrons. The van der Waals surface area contributed by atoms with Gasteiger partial charge in [-0.2, -0.15) is 0 Å². The fourth-order valence-electron chi connectivity index (χ4n) is 5.59. The summed E-state index contributed by atoms with van der Waals surface area (Å²) in [6.45, 7) is 2.91. The van der Waals surface area contributed by atoms with Gasteiger partial charge in [-0.05, 0) is 59.8 Å². The van der Waals surface area contributed by atoms with E-state index in [4.69, 9.17) is 0 Å². The van der Waals surface area contributed by atoms with E-state index in [1.807, 2.05) is 18.2 Å². The summed E-state index contributed by atoms with van der Waals surface area (Å²) < 4.78 is 0. The van der Waals surface area contributed by atoms with Crippen LogP contribution in [0, 0.1) is 17.8 Å². The van der Waals surface area contributed by atoms with E-state index in [0.29, 0.717) is 13.0 Å². The van der Waals surface area contributed by atoms with Crippen LogP contribution in [0.2, 0.25) is 0 Å². The molecular formula is C24H28N2O2. The Balaban J connectivity index is 1.15. The van der Waals surface area contributed by atoms with Gasteiger partial charge < -0.3 is 10.4 Å². The van der Waals surface area contributed by atoms with Crippen LogP contribution in [0.5, 0.6) is 0 Å². The molecule has 2 aromatic rings. The predicted molar refractivity (Wildman–Crippen MR) is 110 cm³/mol. The van der Waals surface area contributed by atoms with Crippen molar-refractivity contribution in [3.63, 3.8) is 0 Å². The highest BCUT2D eigenvalue weighted by molar-refractivity contribution is 5.99. The second-order valence-corrected chi connectivity index (χ2v) is 8.92. The molecule has 4 nitrogen and oxygen atoms in total. The lowest BCUT2D eigenvalue weighted by Gasteiger charge is -2.22. The van der Waals surface area contributed by atoms with E-state index < -0.39 is 6.10 Å². The van der Waals surface area contributed by atoms with E-state index in [0.717, 1.165) is 47.7 Å². The number of anilines is 1. The fraction of sp³-hybridized carbons (Fsp3) is 0.458. The molecule has 2 fully saturated rings. The first kappa shape index (κ1) is 17.9. The van der Waals surface area contributed by atoms with Crippen molar-refractivity contribution in [1.29, 1.82) is 0 Å². The van der Waals surface area contributed by atoms with Crippen LogP contribution in [-0.4, -0.2) is 35.5 Å². The number of rotatable bonds is 5. The van der Waals surface area contributed by atoms with Gasteiger partial charge in [-0.3, -0.25) is 9.69 Å². The van der Waals surface area contributed by atoms with Gasteiger partial charge in [0, 0.05) is 25.3 Å². The molecule has 0 spiro atoms. The van der Waals surface area contributed by atoms with Crippen LogP contribution >= 0.6 is 0 Å². The third kappa shape index (κ3) is 3.59. The molecule has 4 atom stereocenters. The van der Waals surface area contributed by atoms with Crippen molar-refractivity contribution in [2.24, 2.45) is 17.8 Å². The summed E-state index contributed by atoms with van der Waals surface area (Å²) >= 11 is 0. The second kappa shape index (κ2) is 7.34. The summed E-state index contributed by atoms with van der Waals surface area (Å²) in [4.78, 5) is 14.0. The molecule has 0 aromatic heterocycles. The molecule has 2 N–H and O–H groups in total. The van der Waals surface area contributed by atoms with Crippen molar-refractivity contribution >= 4 is 11.6 Å².